The molecule has 1 rings (SSSR count). The third-order valence-corrected chi connectivity index (χ3v) is 2.36. The number of rotatable bonds is 7. The normalized spacial score (nSPS) is 11.8. The van der Waals surface area contributed by atoms with Crippen molar-refractivity contribution in [2.24, 2.45) is 5.92 Å². The van der Waals surface area contributed by atoms with E-state index in [1.807, 2.05) is 6.92 Å². The molecule has 0 radical (unpaired) electrons. The monoisotopic (exact) mass is 237 g/mol. The molecule has 0 saturated carbocycles. The first kappa shape index (κ1) is 13.2. The van der Waals surface area contributed by atoms with Gasteiger partial charge in [0, 0.05) is 12.0 Å². The Balaban J connectivity index is 2.46. The van der Waals surface area contributed by atoms with E-state index in [1.165, 1.54) is 6.07 Å². The van der Waals surface area contributed by atoms with Crippen LogP contribution in [0.15, 0.2) is 24.3 Å². The van der Waals surface area contributed by atoms with Crippen molar-refractivity contribution >= 4 is 12.0 Å². The maximum atomic E-state index is 10.7. The van der Waals surface area contributed by atoms with E-state index in [1.54, 1.807) is 18.2 Å². The van der Waals surface area contributed by atoms with Crippen LogP contribution in [0.25, 0.3) is 0 Å². The second-order valence-corrected chi connectivity index (χ2v) is 3.83. The molecule has 0 aliphatic carbocycles. The minimum atomic E-state index is -0.469. The predicted octanol–water partition coefficient (Wildman–Crippen LogP) is 2.59. The number of aldehydes is 1. The van der Waals surface area contributed by atoms with Gasteiger partial charge < -0.3 is 9.53 Å². The summed E-state index contributed by atoms with van der Waals surface area (Å²) in [5.41, 5.74) is -0.0315. The number of benzene rings is 1. The summed E-state index contributed by atoms with van der Waals surface area (Å²) in [6, 6.07) is 6.26. The van der Waals surface area contributed by atoms with Gasteiger partial charge in [0.25, 0.3) is 0 Å². The Bertz CT molecular complexity index is 392. The highest BCUT2D eigenvalue weighted by Gasteiger charge is 2.13. The summed E-state index contributed by atoms with van der Waals surface area (Å²) in [5, 5.41) is 10.7. The van der Waals surface area contributed by atoms with E-state index >= 15 is 0 Å². The summed E-state index contributed by atoms with van der Waals surface area (Å²) in [5.74, 6) is 0.278. The molecule has 0 fully saturated rings. The number of carbonyl (C=O) groups is 1. The molecule has 1 aromatic carbocycles. The van der Waals surface area contributed by atoms with Gasteiger partial charge in [-0.3, -0.25) is 10.1 Å². The quantitative estimate of drug-likeness (QED) is 0.316. The van der Waals surface area contributed by atoms with Crippen molar-refractivity contribution in [3.8, 4) is 5.75 Å². The Kier molecular flexibility index (Phi) is 5.13. The highest BCUT2D eigenvalue weighted by molar-refractivity contribution is 5.52. The van der Waals surface area contributed by atoms with Crippen LogP contribution in [-0.2, 0) is 4.79 Å². The second kappa shape index (κ2) is 6.62. The lowest BCUT2D eigenvalue weighted by atomic mass is 10.1. The van der Waals surface area contributed by atoms with Crippen LogP contribution < -0.4 is 4.74 Å². The number of nitro groups is 1. The summed E-state index contributed by atoms with van der Waals surface area (Å²) < 4.78 is 5.34. The van der Waals surface area contributed by atoms with Crippen molar-refractivity contribution in [3.63, 3.8) is 0 Å². The van der Waals surface area contributed by atoms with Gasteiger partial charge in [0.1, 0.15) is 6.29 Å². The highest BCUT2D eigenvalue weighted by atomic mass is 16.6. The van der Waals surface area contributed by atoms with Crippen molar-refractivity contribution in [2.75, 3.05) is 6.61 Å². The van der Waals surface area contributed by atoms with Crippen LogP contribution in [0.3, 0.4) is 0 Å². The number of nitrogens with zero attached hydrogens (tertiary/aromatic N) is 1. The van der Waals surface area contributed by atoms with E-state index in [2.05, 4.69) is 0 Å². The van der Waals surface area contributed by atoms with Gasteiger partial charge in [-0.1, -0.05) is 19.1 Å². The zero-order valence-corrected chi connectivity index (χ0v) is 9.67. The first-order valence-corrected chi connectivity index (χ1v) is 5.46. The van der Waals surface area contributed by atoms with Gasteiger partial charge in [0.05, 0.1) is 11.5 Å². The van der Waals surface area contributed by atoms with Crippen molar-refractivity contribution < 1.29 is 14.5 Å². The van der Waals surface area contributed by atoms with Gasteiger partial charge in [0.2, 0.25) is 0 Å². The molecule has 1 aromatic rings. The van der Waals surface area contributed by atoms with E-state index in [-0.39, 0.29) is 17.4 Å². The zero-order valence-electron chi connectivity index (χ0n) is 9.67. The van der Waals surface area contributed by atoms with Crippen molar-refractivity contribution in [1.82, 2.24) is 0 Å². The van der Waals surface area contributed by atoms with E-state index in [4.69, 9.17) is 4.74 Å². The Morgan fingerprint density at radius 1 is 1.47 bits per heavy atom. The third-order valence-electron chi connectivity index (χ3n) is 2.36. The van der Waals surface area contributed by atoms with Crippen molar-refractivity contribution in [3.05, 3.63) is 34.4 Å². The molecule has 1 unspecified atom stereocenters. The molecule has 0 heterocycles. The van der Waals surface area contributed by atoms with E-state index < -0.39 is 4.92 Å². The van der Waals surface area contributed by atoms with E-state index in [0.29, 0.717) is 13.0 Å². The van der Waals surface area contributed by atoms with Crippen LogP contribution in [0.2, 0.25) is 0 Å². The third kappa shape index (κ3) is 4.22. The SMILES string of the molecule is CC(C=O)CCCOc1ccccc1[N+](=O)[O-]. The summed E-state index contributed by atoms with van der Waals surface area (Å²) in [6.45, 7) is 2.21. The van der Waals surface area contributed by atoms with E-state index in [9.17, 15) is 14.9 Å². The van der Waals surface area contributed by atoms with Gasteiger partial charge >= 0.3 is 5.69 Å². The minimum absolute atomic E-state index is 0.00404. The molecule has 0 aliphatic rings. The first-order chi connectivity index (χ1) is 8.15. The summed E-state index contributed by atoms with van der Waals surface area (Å²) in [4.78, 5) is 20.6. The maximum Gasteiger partial charge on any atom is 0.310 e. The summed E-state index contributed by atoms with van der Waals surface area (Å²) in [7, 11) is 0. The molecule has 1 atom stereocenters. The van der Waals surface area contributed by atoms with Crippen molar-refractivity contribution in [1.29, 1.82) is 0 Å². The van der Waals surface area contributed by atoms with E-state index in [0.717, 1.165) is 12.7 Å². The van der Waals surface area contributed by atoms with Crippen LogP contribution in [0, 0.1) is 16.0 Å². The minimum Gasteiger partial charge on any atom is -0.487 e. The average Bonchev–Trinajstić information content (AvgIpc) is 2.34. The average molecular weight is 237 g/mol. The first-order valence-electron chi connectivity index (χ1n) is 5.46. The highest BCUT2D eigenvalue weighted by Crippen LogP contribution is 2.25. The van der Waals surface area contributed by atoms with Gasteiger partial charge in [-0.25, -0.2) is 0 Å². The van der Waals surface area contributed by atoms with Crippen molar-refractivity contribution in [2.45, 2.75) is 19.8 Å². The van der Waals surface area contributed by atoms with Gasteiger partial charge in [-0.15, -0.1) is 0 Å². The maximum absolute atomic E-state index is 10.7. The molecule has 0 N–H and O–H groups in total. The molecule has 0 aliphatic heterocycles. The number of ether oxygens (including phenoxy) is 1. The van der Waals surface area contributed by atoms with Crippen LogP contribution in [0.1, 0.15) is 19.8 Å². The van der Waals surface area contributed by atoms with Crippen LogP contribution >= 0.6 is 0 Å². The van der Waals surface area contributed by atoms with Gasteiger partial charge in [-0.2, -0.15) is 0 Å². The Labute approximate surface area is 99.5 Å². The molecule has 0 saturated heterocycles. The lowest BCUT2D eigenvalue weighted by molar-refractivity contribution is -0.385. The standard InChI is InChI=1S/C12H15NO4/c1-10(9-14)5-4-8-17-12-7-3-2-6-11(12)13(15)16/h2-3,6-7,9-10H,4-5,8H2,1H3. The fraction of sp³-hybridized carbons (Fsp3) is 0.417. The molecule has 92 valence electrons. The number of carbonyl (C=O) groups excluding carboxylic acids is 1. The molecule has 5 nitrogen and oxygen atoms in total. The molecular formula is C12H15NO4. The number of nitro benzene ring substituents is 1. The Morgan fingerprint density at radius 2 is 2.18 bits per heavy atom. The predicted molar refractivity (Wildman–Crippen MR) is 63.1 cm³/mol. The number of para-hydroxylation sites is 2. The van der Waals surface area contributed by atoms with Gasteiger partial charge in [-0.05, 0) is 18.9 Å². The largest absolute Gasteiger partial charge is 0.487 e. The van der Waals surface area contributed by atoms with Crippen LogP contribution in [0.5, 0.6) is 5.75 Å². The van der Waals surface area contributed by atoms with Gasteiger partial charge in [0.15, 0.2) is 5.75 Å². The summed E-state index contributed by atoms with van der Waals surface area (Å²) >= 11 is 0. The molecule has 17 heavy (non-hydrogen) atoms. The lowest BCUT2D eigenvalue weighted by Crippen LogP contribution is -2.03. The molecule has 0 spiro atoms. The smallest absolute Gasteiger partial charge is 0.310 e. The molecule has 5 heteroatoms. The Hall–Kier alpha value is -1.91. The topological polar surface area (TPSA) is 69.4 Å². The molecule has 0 aromatic heterocycles. The summed E-state index contributed by atoms with van der Waals surface area (Å²) in [6.07, 6.45) is 2.32. The molecule has 0 amide bonds. The molecule has 0 bridgehead atoms. The fourth-order valence-corrected chi connectivity index (χ4v) is 1.39. The fourth-order valence-electron chi connectivity index (χ4n) is 1.39. The van der Waals surface area contributed by atoms with Crippen LogP contribution in [0.4, 0.5) is 5.69 Å². The lowest BCUT2D eigenvalue weighted by Gasteiger charge is -2.07. The molecular weight excluding hydrogens is 222 g/mol. The number of hydrogen-bond acceptors (Lipinski definition) is 4. The second-order valence-electron chi connectivity index (χ2n) is 3.83. The van der Waals surface area contributed by atoms with Crippen LogP contribution in [-0.4, -0.2) is 17.8 Å². The Morgan fingerprint density at radius 3 is 2.82 bits per heavy atom. The zero-order chi connectivity index (χ0) is 12.7. The number of hydrogen-bond donors (Lipinski definition) is 0.